The van der Waals surface area contributed by atoms with Gasteiger partial charge in [-0.3, -0.25) is 0 Å². The fourth-order valence-corrected chi connectivity index (χ4v) is 2.45. The Labute approximate surface area is 139 Å². The van der Waals surface area contributed by atoms with Crippen molar-refractivity contribution in [3.63, 3.8) is 0 Å². The molecule has 0 atom stereocenters. The van der Waals surface area contributed by atoms with E-state index in [1.54, 1.807) is 50.8 Å². The summed E-state index contributed by atoms with van der Waals surface area (Å²) in [4.78, 5) is 4.33. The summed E-state index contributed by atoms with van der Waals surface area (Å²) in [6.07, 6.45) is 1.54. The van der Waals surface area contributed by atoms with Gasteiger partial charge in [-0.2, -0.15) is 5.26 Å². The first kappa shape index (κ1) is 15.4. The van der Waals surface area contributed by atoms with Gasteiger partial charge >= 0.3 is 0 Å². The molecular formula is C18H15N3O3. The standard InChI is InChI=1S/C18H15N3O3/c1-22-16-6-5-11(8-17(16)23-2)14-9-12(15-4-3-7-24-15)13(10-19)18(20)21-14/h3-9H,1-2H3,(H2,20,21). The summed E-state index contributed by atoms with van der Waals surface area (Å²) >= 11 is 0. The van der Waals surface area contributed by atoms with Crippen LogP contribution < -0.4 is 15.2 Å². The monoisotopic (exact) mass is 321 g/mol. The molecule has 0 saturated carbocycles. The average molecular weight is 321 g/mol. The summed E-state index contributed by atoms with van der Waals surface area (Å²) in [5.41, 5.74) is 8.25. The maximum absolute atomic E-state index is 9.36. The Bertz CT molecular complexity index is 912. The second-order valence-corrected chi connectivity index (χ2v) is 4.97. The number of anilines is 1. The van der Waals surface area contributed by atoms with E-state index in [2.05, 4.69) is 11.1 Å². The summed E-state index contributed by atoms with van der Waals surface area (Å²) < 4.78 is 16.0. The van der Waals surface area contributed by atoms with Crippen molar-refractivity contribution in [3.8, 4) is 40.1 Å². The van der Waals surface area contributed by atoms with Crippen LogP contribution in [0, 0.1) is 11.3 Å². The minimum atomic E-state index is 0.149. The maximum atomic E-state index is 9.36. The minimum Gasteiger partial charge on any atom is -0.493 e. The van der Waals surface area contributed by atoms with Gasteiger partial charge in [0.2, 0.25) is 0 Å². The van der Waals surface area contributed by atoms with E-state index >= 15 is 0 Å². The zero-order valence-corrected chi connectivity index (χ0v) is 13.2. The molecule has 1 aromatic carbocycles. The number of ether oxygens (including phenoxy) is 2. The van der Waals surface area contributed by atoms with Gasteiger partial charge in [-0.05, 0) is 36.4 Å². The van der Waals surface area contributed by atoms with Gasteiger partial charge in [-0.1, -0.05) is 0 Å². The smallest absolute Gasteiger partial charge is 0.161 e. The van der Waals surface area contributed by atoms with Crippen molar-refractivity contribution in [3.05, 3.63) is 48.2 Å². The van der Waals surface area contributed by atoms with E-state index in [0.717, 1.165) is 5.56 Å². The van der Waals surface area contributed by atoms with Crippen molar-refractivity contribution in [1.82, 2.24) is 4.98 Å². The molecule has 0 aliphatic rings. The predicted molar refractivity (Wildman–Crippen MR) is 89.6 cm³/mol. The van der Waals surface area contributed by atoms with Crippen LogP contribution in [0.3, 0.4) is 0 Å². The molecule has 0 bridgehead atoms. The van der Waals surface area contributed by atoms with Crippen molar-refractivity contribution < 1.29 is 13.9 Å². The molecule has 0 radical (unpaired) electrons. The van der Waals surface area contributed by atoms with Crippen molar-refractivity contribution in [2.75, 3.05) is 20.0 Å². The van der Waals surface area contributed by atoms with Crippen LogP contribution in [-0.2, 0) is 0 Å². The van der Waals surface area contributed by atoms with Crippen LogP contribution in [0.2, 0.25) is 0 Å². The molecule has 0 saturated heterocycles. The minimum absolute atomic E-state index is 0.149. The van der Waals surface area contributed by atoms with Gasteiger partial charge in [0.1, 0.15) is 23.2 Å². The molecule has 6 nitrogen and oxygen atoms in total. The van der Waals surface area contributed by atoms with Gasteiger partial charge in [0.25, 0.3) is 0 Å². The zero-order chi connectivity index (χ0) is 17.1. The Morgan fingerprint density at radius 3 is 2.54 bits per heavy atom. The molecule has 0 fully saturated rings. The van der Waals surface area contributed by atoms with Gasteiger partial charge in [0.15, 0.2) is 11.5 Å². The lowest BCUT2D eigenvalue weighted by atomic mass is 10.0. The van der Waals surface area contributed by atoms with E-state index in [1.807, 2.05) is 6.07 Å². The van der Waals surface area contributed by atoms with Crippen molar-refractivity contribution in [2.24, 2.45) is 0 Å². The molecule has 6 heteroatoms. The van der Waals surface area contributed by atoms with Crippen LogP contribution in [0.1, 0.15) is 5.56 Å². The van der Waals surface area contributed by atoms with Crippen LogP contribution in [0.4, 0.5) is 5.82 Å². The summed E-state index contributed by atoms with van der Waals surface area (Å²) in [6.45, 7) is 0. The van der Waals surface area contributed by atoms with Gasteiger partial charge in [0.05, 0.1) is 26.2 Å². The molecule has 24 heavy (non-hydrogen) atoms. The van der Waals surface area contributed by atoms with Gasteiger partial charge in [-0.25, -0.2) is 4.98 Å². The van der Waals surface area contributed by atoms with Gasteiger partial charge in [-0.15, -0.1) is 0 Å². The SMILES string of the molecule is COc1ccc(-c2cc(-c3ccco3)c(C#N)c(N)n2)cc1OC. The lowest BCUT2D eigenvalue weighted by Gasteiger charge is -2.11. The molecule has 120 valence electrons. The Morgan fingerprint density at radius 1 is 1.12 bits per heavy atom. The van der Waals surface area contributed by atoms with E-state index in [-0.39, 0.29) is 11.4 Å². The first-order valence-electron chi connectivity index (χ1n) is 7.14. The van der Waals surface area contributed by atoms with Crippen LogP contribution in [0.5, 0.6) is 11.5 Å². The highest BCUT2D eigenvalue weighted by Gasteiger charge is 2.16. The highest BCUT2D eigenvalue weighted by molar-refractivity contribution is 5.78. The molecule has 3 rings (SSSR count). The average Bonchev–Trinajstić information content (AvgIpc) is 3.14. The molecular weight excluding hydrogens is 306 g/mol. The highest BCUT2D eigenvalue weighted by Crippen LogP contribution is 2.35. The number of nitrogens with two attached hydrogens (primary N) is 1. The normalized spacial score (nSPS) is 10.2. The number of pyridine rings is 1. The second-order valence-electron chi connectivity index (χ2n) is 4.97. The number of nitrogens with zero attached hydrogens (tertiary/aromatic N) is 2. The summed E-state index contributed by atoms with van der Waals surface area (Å²) in [5.74, 6) is 1.91. The Balaban J connectivity index is 2.18. The van der Waals surface area contributed by atoms with E-state index < -0.39 is 0 Å². The van der Waals surface area contributed by atoms with Crippen molar-refractivity contribution in [2.45, 2.75) is 0 Å². The summed E-state index contributed by atoms with van der Waals surface area (Å²) in [7, 11) is 3.14. The van der Waals surface area contributed by atoms with E-state index in [1.165, 1.54) is 0 Å². The third-order valence-electron chi connectivity index (χ3n) is 3.63. The predicted octanol–water partition coefficient (Wildman–Crippen LogP) is 3.48. The summed E-state index contributed by atoms with van der Waals surface area (Å²) in [6, 6.07) is 12.8. The van der Waals surface area contributed by atoms with Crippen molar-refractivity contribution in [1.29, 1.82) is 5.26 Å². The molecule has 0 aliphatic heterocycles. The number of nitriles is 1. The lowest BCUT2D eigenvalue weighted by molar-refractivity contribution is 0.355. The number of methoxy groups -OCH3 is 2. The highest BCUT2D eigenvalue weighted by atomic mass is 16.5. The molecule has 0 aliphatic carbocycles. The maximum Gasteiger partial charge on any atom is 0.161 e. The molecule has 2 heterocycles. The molecule has 0 unspecified atom stereocenters. The van der Waals surface area contributed by atoms with Crippen LogP contribution in [0.25, 0.3) is 22.6 Å². The third kappa shape index (κ3) is 2.63. The van der Waals surface area contributed by atoms with Crippen molar-refractivity contribution >= 4 is 5.82 Å². The Morgan fingerprint density at radius 2 is 1.92 bits per heavy atom. The fraction of sp³-hybridized carbons (Fsp3) is 0.111. The number of benzene rings is 1. The number of hydrogen-bond donors (Lipinski definition) is 1. The van der Waals surface area contributed by atoms with E-state index in [9.17, 15) is 5.26 Å². The van der Waals surface area contributed by atoms with E-state index in [0.29, 0.717) is 28.5 Å². The van der Waals surface area contributed by atoms with Gasteiger partial charge in [0, 0.05) is 11.1 Å². The number of nitrogen functional groups attached to an aromatic ring is 1. The van der Waals surface area contributed by atoms with Crippen LogP contribution >= 0.6 is 0 Å². The topological polar surface area (TPSA) is 94.3 Å². The Hall–Kier alpha value is -3.46. The molecule has 0 amide bonds. The fourth-order valence-electron chi connectivity index (χ4n) is 2.45. The van der Waals surface area contributed by atoms with Crippen LogP contribution in [0.15, 0.2) is 47.1 Å². The molecule has 0 spiro atoms. The number of aromatic nitrogens is 1. The van der Waals surface area contributed by atoms with Gasteiger partial charge < -0.3 is 19.6 Å². The first-order chi connectivity index (χ1) is 11.7. The number of furan rings is 1. The number of rotatable bonds is 4. The quantitative estimate of drug-likeness (QED) is 0.790. The lowest BCUT2D eigenvalue weighted by Crippen LogP contribution is -2.00. The molecule has 3 aromatic rings. The number of hydrogen-bond acceptors (Lipinski definition) is 6. The zero-order valence-electron chi connectivity index (χ0n) is 13.2. The second kappa shape index (κ2) is 6.34. The summed E-state index contributed by atoms with van der Waals surface area (Å²) in [5, 5.41) is 9.36. The third-order valence-corrected chi connectivity index (χ3v) is 3.63. The molecule has 2 aromatic heterocycles. The molecule has 2 N–H and O–H groups in total. The first-order valence-corrected chi connectivity index (χ1v) is 7.14. The van der Waals surface area contributed by atoms with E-state index in [4.69, 9.17) is 19.6 Å². The largest absolute Gasteiger partial charge is 0.493 e. The van der Waals surface area contributed by atoms with Crippen LogP contribution in [-0.4, -0.2) is 19.2 Å². The Kier molecular flexibility index (Phi) is 4.08.